The van der Waals surface area contributed by atoms with E-state index in [-0.39, 0.29) is 28.8 Å². The highest BCUT2D eigenvalue weighted by Crippen LogP contribution is 2.42. The molecule has 0 unspecified atom stereocenters. The Hall–Kier alpha value is -4.88. The second-order valence-electron chi connectivity index (χ2n) is 10.9. The van der Waals surface area contributed by atoms with E-state index in [1.807, 2.05) is 10.8 Å². The Morgan fingerprint density at radius 3 is 2.43 bits per heavy atom. The van der Waals surface area contributed by atoms with Crippen molar-refractivity contribution in [3.63, 3.8) is 0 Å². The summed E-state index contributed by atoms with van der Waals surface area (Å²) in [7, 11) is 0. The standard InChI is InChI=1S/C30H29F4N7O3/c1-16(42)40-10-8-20(9-11-40)44-25-7-3-18(13-22(25)30(32,33)34)38-29(43)39-24-6-2-17(12-23(24)31)21-14-41(19-4-5-19)28-26(21)27(35)36-15-37-28/h2-3,6-7,12-15,19-20H,4-5,8-11H2,1H3,(H2,35,36,37)(H2,38,39,43). The number of amides is 3. The fraction of sp³-hybridized carbons (Fsp3) is 0.333. The third kappa shape index (κ3) is 5.96. The summed E-state index contributed by atoms with van der Waals surface area (Å²) in [6.07, 6.45) is 0.786. The molecule has 0 bridgehead atoms. The Bertz CT molecular complexity index is 1740. The van der Waals surface area contributed by atoms with Gasteiger partial charge in [-0.1, -0.05) is 6.07 Å². The van der Waals surface area contributed by atoms with E-state index in [0.717, 1.165) is 25.0 Å². The molecule has 0 spiro atoms. The van der Waals surface area contributed by atoms with Crippen molar-refractivity contribution in [1.29, 1.82) is 0 Å². The van der Waals surface area contributed by atoms with E-state index in [2.05, 4.69) is 20.6 Å². The Balaban J connectivity index is 1.16. The number of benzene rings is 2. The molecule has 1 saturated carbocycles. The van der Waals surface area contributed by atoms with E-state index in [0.29, 0.717) is 54.1 Å². The van der Waals surface area contributed by atoms with E-state index >= 15 is 4.39 Å². The van der Waals surface area contributed by atoms with Crippen molar-refractivity contribution in [1.82, 2.24) is 19.4 Å². The normalized spacial score (nSPS) is 15.8. The third-order valence-corrected chi connectivity index (χ3v) is 7.83. The summed E-state index contributed by atoms with van der Waals surface area (Å²) in [5.41, 5.74) is 6.54. The number of aromatic nitrogens is 3. The Morgan fingerprint density at radius 2 is 1.77 bits per heavy atom. The third-order valence-electron chi connectivity index (χ3n) is 7.83. The van der Waals surface area contributed by atoms with Gasteiger partial charge in [0.25, 0.3) is 0 Å². The molecule has 2 aliphatic rings. The van der Waals surface area contributed by atoms with E-state index < -0.39 is 29.7 Å². The molecule has 3 heterocycles. The molecular weight excluding hydrogens is 582 g/mol. The van der Waals surface area contributed by atoms with Crippen LogP contribution >= 0.6 is 0 Å². The Labute approximate surface area is 249 Å². The summed E-state index contributed by atoms with van der Waals surface area (Å²) in [5.74, 6) is -0.961. The van der Waals surface area contributed by atoms with Crippen LogP contribution in [0.25, 0.3) is 22.2 Å². The minimum Gasteiger partial charge on any atom is -0.490 e. The number of fused-ring (bicyclic) bond motifs is 1. The zero-order valence-corrected chi connectivity index (χ0v) is 23.6. The number of anilines is 3. The van der Waals surface area contributed by atoms with Gasteiger partial charge in [-0.2, -0.15) is 13.2 Å². The molecular formula is C30H29F4N7O3. The molecule has 4 N–H and O–H groups in total. The monoisotopic (exact) mass is 611 g/mol. The number of piperidine rings is 1. The van der Waals surface area contributed by atoms with Crippen molar-refractivity contribution in [3.05, 3.63) is 60.3 Å². The maximum atomic E-state index is 15.2. The molecule has 1 aliphatic heterocycles. The van der Waals surface area contributed by atoms with Crippen LogP contribution in [-0.4, -0.2) is 50.6 Å². The fourth-order valence-corrected chi connectivity index (χ4v) is 5.43. The highest BCUT2D eigenvalue weighted by atomic mass is 19.4. The lowest BCUT2D eigenvalue weighted by molar-refractivity contribution is -0.139. The molecule has 3 amide bonds. The molecule has 230 valence electrons. The number of ether oxygens (including phenoxy) is 1. The van der Waals surface area contributed by atoms with Gasteiger partial charge in [-0.05, 0) is 48.7 Å². The van der Waals surface area contributed by atoms with Gasteiger partial charge in [0, 0.05) is 56.3 Å². The summed E-state index contributed by atoms with van der Waals surface area (Å²) in [6.45, 7) is 2.23. The molecule has 0 radical (unpaired) electrons. The first-order valence-corrected chi connectivity index (χ1v) is 14.1. The second-order valence-corrected chi connectivity index (χ2v) is 10.9. The quantitative estimate of drug-likeness (QED) is 0.223. The van der Waals surface area contributed by atoms with Gasteiger partial charge in [0.15, 0.2) is 0 Å². The average Bonchev–Trinajstić information content (AvgIpc) is 3.74. The van der Waals surface area contributed by atoms with Crippen LogP contribution in [0.4, 0.5) is 39.5 Å². The van der Waals surface area contributed by atoms with Crippen LogP contribution in [0.5, 0.6) is 5.75 Å². The van der Waals surface area contributed by atoms with Crippen LogP contribution in [0.3, 0.4) is 0 Å². The highest BCUT2D eigenvalue weighted by Gasteiger charge is 2.36. The van der Waals surface area contributed by atoms with Gasteiger partial charge in [-0.15, -0.1) is 0 Å². The lowest BCUT2D eigenvalue weighted by Crippen LogP contribution is -2.40. The van der Waals surface area contributed by atoms with E-state index in [4.69, 9.17) is 10.5 Å². The van der Waals surface area contributed by atoms with Crippen molar-refractivity contribution in [2.24, 2.45) is 0 Å². The molecule has 1 aliphatic carbocycles. The minimum atomic E-state index is -4.76. The summed E-state index contributed by atoms with van der Waals surface area (Å²) in [5, 5.41) is 5.28. The number of urea groups is 1. The second kappa shape index (κ2) is 11.3. The van der Waals surface area contributed by atoms with Gasteiger partial charge < -0.3 is 30.6 Å². The number of nitrogens with two attached hydrogens (primary N) is 1. The zero-order valence-electron chi connectivity index (χ0n) is 23.6. The van der Waals surface area contributed by atoms with E-state index in [1.54, 1.807) is 11.0 Å². The predicted molar refractivity (Wildman–Crippen MR) is 156 cm³/mol. The molecule has 6 rings (SSSR count). The lowest BCUT2D eigenvalue weighted by Gasteiger charge is -2.32. The molecule has 4 aromatic rings. The first-order valence-electron chi connectivity index (χ1n) is 14.1. The van der Waals surface area contributed by atoms with Gasteiger partial charge in [0.1, 0.15) is 35.5 Å². The molecule has 2 fully saturated rings. The summed E-state index contributed by atoms with van der Waals surface area (Å²) >= 11 is 0. The maximum Gasteiger partial charge on any atom is 0.420 e. The van der Waals surface area contributed by atoms with Crippen LogP contribution in [-0.2, 0) is 11.0 Å². The molecule has 0 atom stereocenters. The number of nitrogens with zero attached hydrogens (tertiary/aromatic N) is 4. The SMILES string of the molecule is CC(=O)N1CCC(Oc2ccc(NC(=O)Nc3ccc(-c4cn(C5CC5)c5ncnc(N)c45)cc3F)cc2C(F)(F)F)CC1. The lowest BCUT2D eigenvalue weighted by atomic mass is 10.1. The first-order chi connectivity index (χ1) is 21.0. The van der Waals surface area contributed by atoms with Gasteiger partial charge in [-0.3, -0.25) is 4.79 Å². The van der Waals surface area contributed by atoms with Gasteiger partial charge >= 0.3 is 12.2 Å². The molecule has 1 saturated heterocycles. The number of nitrogens with one attached hydrogen (secondary N) is 2. The number of likely N-dealkylation sites (tertiary alicyclic amines) is 1. The number of nitrogen functional groups attached to an aromatic ring is 1. The van der Waals surface area contributed by atoms with Crippen molar-refractivity contribution in [3.8, 4) is 16.9 Å². The Morgan fingerprint density at radius 1 is 1.02 bits per heavy atom. The van der Waals surface area contributed by atoms with Gasteiger partial charge in [0.2, 0.25) is 5.91 Å². The highest BCUT2D eigenvalue weighted by molar-refractivity contribution is 6.02. The number of hydrogen-bond acceptors (Lipinski definition) is 6. The predicted octanol–water partition coefficient (Wildman–Crippen LogP) is 6.21. The Kier molecular flexibility index (Phi) is 7.51. The smallest absolute Gasteiger partial charge is 0.420 e. The topological polar surface area (TPSA) is 127 Å². The van der Waals surface area contributed by atoms with Gasteiger partial charge in [0.05, 0.1) is 16.6 Å². The number of carbonyl (C=O) groups excluding carboxylic acids is 2. The summed E-state index contributed by atoms with van der Waals surface area (Å²) < 4.78 is 64.6. The largest absolute Gasteiger partial charge is 0.490 e. The number of hydrogen-bond donors (Lipinski definition) is 3. The molecule has 2 aromatic carbocycles. The van der Waals surface area contributed by atoms with Crippen LogP contribution in [0.15, 0.2) is 48.9 Å². The number of rotatable bonds is 6. The fourth-order valence-electron chi connectivity index (χ4n) is 5.43. The van der Waals surface area contributed by atoms with Crippen molar-refractivity contribution in [2.75, 3.05) is 29.5 Å². The maximum absolute atomic E-state index is 15.2. The number of carbonyl (C=O) groups is 2. The summed E-state index contributed by atoms with van der Waals surface area (Å²) in [6, 6.07) is 6.74. The van der Waals surface area contributed by atoms with Crippen molar-refractivity contribution < 1.29 is 31.9 Å². The van der Waals surface area contributed by atoms with Crippen LogP contribution in [0.2, 0.25) is 0 Å². The van der Waals surface area contributed by atoms with Crippen LogP contribution in [0.1, 0.15) is 44.2 Å². The molecule has 2 aromatic heterocycles. The summed E-state index contributed by atoms with van der Waals surface area (Å²) in [4.78, 5) is 34.2. The van der Waals surface area contributed by atoms with E-state index in [1.165, 1.54) is 31.5 Å². The van der Waals surface area contributed by atoms with Crippen molar-refractivity contribution in [2.45, 2.75) is 50.9 Å². The molecule has 44 heavy (non-hydrogen) atoms. The zero-order chi connectivity index (χ0) is 31.2. The number of halogens is 4. The van der Waals surface area contributed by atoms with Crippen molar-refractivity contribution >= 4 is 40.2 Å². The number of alkyl halides is 3. The van der Waals surface area contributed by atoms with Gasteiger partial charge in [-0.25, -0.2) is 19.2 Å². The molecule has 10 nitrogen and oxygen atoms in total. The minimum absolute atomic E-state index is 0.0959. The first kappa shape index (κ1) is 29.2. The van der Waals surface area contributed by atoms with Crippen LogP contribution in [0, 0.1) is 5.82 Å². The van der Waals surface area contributed by atoms with Crippen LogP contribution < -0.4 is 21.1 Å². The molecule has 14 heteroatoms. The van der Waals surface area contributed by atoms with E-state index in [9.17, 15) is 22.8 Å². The average molecular weight is 612 g/mol.